The fourth-order valence-electron chi connectivity index (χ4n) is 2.23. The van der Waals surface area contributed by atoms with E-state index in [2.05, 4.69) is 17.2 Å². The molecule has 2 rings (SSSR count). The summed E-state index contributed by atoms with van der Waals surface area (Å²) < 4.78 is 1.37. The number of carbonyl (C=O) groups is 1. The minimum atomic E-state index is -0.252. The molecule has 5 nitrogen and oxygen atoms in total. The van der Waals surface area contributed by atoms with Gasteiger partial charge in [0.2, 0.25) is 5.91 Å². The fourth-order valence-corrected chi connectivity index (χ4v) is 2.42. The Morgan fingerprint density at radius 1 is 1.35 bits per heavy atom. The van der Waals surface area contributed by atoms with Crippen LogP contribution >= 0.6 is 11.6 Å². The minimum Gasteiger partial charge on any atom is -0.355 e. The first kappa shape index (κ1) is 17.2. The standard InChI is InChI=1S/C17H20ClN3O2/c1-3-4-8-19-15(22)11-21-16(23)9-12(2)20-17(21)13-6-5-7-14(18)10-13/h5-7,9-10H,3-4,8,11H2,1-2H3,(H,19,22). The Morgan fingerprint density at radius 2 is 2.13 bits per heavy atom. The van der Waals surface area contributed by atoms with Gasteiger partial charge in [-0.1, -0.05) is 37.1 Å². The fraction of sp³-hybridized carbons (Fsp3) is 0.353. The highest BCUT2D eigenvalue weighted by Crippen LogP contribution is 2.20. The van der Waals surface area contributed by atoms with E-state index in [1.165, 1.54) is 10.6 Å². The summed E-state index contributed by atoms with van der Waals surface area (Å²) in [5, 5.41) is 3.36. The minimum absolute atomic E-state index is 0.0579. The number of hydrogen-bond acceptors (Lipinski definition) is 3. The predicted octanol–water partition coefficient (Wildman–Crippen LogP) is 2.79. The molecule has 0 saturated carbocycles. The average molecular weight is 334 g/mol. The van der Waals surface area contributed by atoms with Gasteiger partial charge in [0, 0.05) is 28.9 Å². The maximum absolute atomic E-state index is 12.3. The molecule has 1 aromatic carbocycles. The van der Waals surface area contributed by atoms with Crippen molar-refractivity contribution in [2.75, 3.05) is 6.54 Å². The predicted molar refractivity (Wildman–Crippen MR) is 91.6 cm³/mol. The van der Waals surface area contributed by atoms with Crippen LogP contribution in [0.5, 0.6) is 0 Å². The highest BCUT2D eigenvalue weighted by atomic mass is 35.5. The van der Waals surface area contributed by atoms with Crippen LogP contribution in [0.2, 0.25) is 5.02 Å². The van der Waals surface area contributed by atoms with E-state index in [0.29, 0.717) is 28.6 Å². The summed E-state index contributed by atoms with van der Waals surface area (Å²) in [5.74, 6) is 0.248. The average Bonchev–Trinajstić information content (AvgIpc) is 2.50. The normalized spacial score (nSPS) is 10.6. The third-order valence-electron chi connectivity index (χ3n) is 3.37. The van der Waals surface area contributed by atoms with Crippen molar-refractivity contribution < 1.29 is 4.79 Å². The summed E-state index contributed by atoms with van der Waals surface area (Å²) in [4.78, 5) is 28.8. The molecule has 122 valence electrons. The van der Waals surface area contributed by atoms with Crippen molar-refractivity contribution in [3.63, 3.8) is 0 Å². The van der Waals surface area contributed by atoms with Gasteiger partial charge in [-0.25, -0.2) is 4.98 Å². The van der Waals surface area contributed by atoms with Crippen LogP contribution < -0.4 is 10.9 Å². The molecular weight excluding hydrogens is 314 g/mol. The van der Waals surface area contributed by atoms with Crippen LogP contribution in [-0.4, -0.2) is 22.0 Å². The molecule has 1 aromatic heterocycles. The van der Waals surface area contributed by atoms with Gasteiger partial charge in [0.05, 0.1) is 0 Å². The van der Waals surface area contributed by atoms with E-state index in [1.807, 2.05) is 6.07 Å². The topological polar surface area (TPSA) is 64.0 Å². The first-order valence-corrected chi connectivity index (χ1v) is 8.00. The quantitative estimate of drug-likeness (QED) is 0.827. The van der Waals surface area contributed by atoms with Crippen molar-refractivity contribution >= 4 is 17.5 Å². The summed E-state index contributed by atoms with van der Waals surface area (Å²) >= 11 is 6.02. The van der Waals surface area contributed by atoms with E-state index in [9.17, 15) is 9.59 Å². The number of benzene rings is 1. The molecule has 0 aliphatic rings. The van der Waals surface area contributed by atoms with Crippen LogP contribution in [0.4, 0.5) is 0 Å². The van der Waals surface area contributed by atoms with E-state index in [1.54, 1.807) is 25.1 Å². The molecular formula is C17H20ClN3O2. The molecule has 1 N–H and O–H groups in total. The van der Waals surface area contributed by atoms with Gasteiger partial charge < -0.3 is 5.32 Å². The second kappa shape index (κ2) is 7.92. The van der Waals surface area contributed by atoms with E-state index in [-0.39, 0.29) is 18.0 Å². The van der Waals surface area contributed by atoms with Gasteiger partial charge in [-0.05, 0) is 25.5 Å². The zero-order valence-electron chi connectivity index (χ0n) is 13.3. The van der Waals surface area contributed by atoms with Crippen molar-refractivity contribution in [1.82, 2.24) is 14.9 Å². The monoisotopic (exact) mass is 333 g/mol. The molecule has 1 amide bonds. The zero-order valence-corrected chi connectivity index (χ0v) is 14.1. The summed E-state index contributed by atoms with van der Waals surface area (Å²) in [7, 11) is 0. The number of unbranched alkanes of at least 4 members (excludes halogenated alkanes) is 1. The van der Waals surface area contributed by atoms with Crippen molar-refractivity contribution in [1.29, 1.82) is 0 Å². The number of amides is 1. The number of halogens is 1. The van der Waals surface area contributed by atoms with Crippen molar-refractivity contribution in [3.8, 4) is 11.4 Å². The van der Waals surface area contributed by atoms with Crippen LogP contribution in [0.1, 0.15) is 25.5 Å². The Bertz CT molecular complexity index is 756. The second-order valence-electron chi connectivity index (χ2n) is 5.36. The van der Waals surface area contributed by atoms with E-state index >= 15 is 0 Å². The second-order valence-corrected chi connectivity index (χ2v) is 5.80. The first-order chi connectivity index (χ1) is 11.0. The lowest BCUT2D eigenvalue weighted by atomic mass is 10.2. The van der Waals surface area contributed by atoms with Gasteiger partial charge in [0.15, 0.2) is 0 Å². The van der Waals surface area contributed by atoms with Gasteiger partial charge in [-0.15, -0.1) is 0 Å². The lowest BCUT2D eigenvalue weighted by Crippen LogP contribution is -2.34. The van der Waals surface area contributed by atoms with Gasteiger partial charge in [-0.3, -0.25) is 14.2 Å². The molecule has 2 aromatic rings. The van der Waals surface area contributed by atoms with Gasteiger partial charge in [-0.2, -0.15) is 0 Å². The highest BCUT2D eigenvalue weighted by Gasteiger charge is 2.13. The largest absolute Gasteiger partial charge is 0.355 e. The number of nitrogens with zero attached hydrogens (tertiary/aromatic N) is 2. The maximum atomic E-state index is 12.3. The SMILES string of the molecule is CCCCNC(=O)Cn1c(-c2cccc(Cl)c2)nc(C)cc1=O. The Kier molecular flexibility index (Phi) is 5.93. The molecule has 0 bridgehead atoms. The van der Waals surface area contributed by atoms with Crippen molar-refractivity contribution in [2.45, 2.75) is 33.2 Å². The van der Waals surface area contributed by atoms with E-state index in [4.69, 9.17) is 11.6 Å². The molecule has 0 spiro atoms. The molecule has 6 heteroatoms. The number of rotatable bonds is 6. The molecule has 0 aliphatic heterocycles. The highest BCUT2D eigenvalue weighted by molar-refractivity contribution is 6.30. The summed E-state index contributed by atoms with van der Waals surface area (Å²) in [5.41, 5.74) is 1.06. The lowest BCUT2D eigenvalue weighted by Gasteiger charge is -2.13. The smallest absolute Gasteiger partial charge is 0.254 e. The van der Waals surface area contributed by atoms with Crippen LogP contribution in [0, 0.1) is 6.92 Å². The number of aryl methyl sites for hydroxylation is 1. The molecule has 1 heterocycles. The Hall–Kier alpha value is -2.14. The number of carbonyl (C=O) groups excluding carboxylic acids is 1. The number of aromatic nitrogens is 2. The molecule has 23 heavy (non-hydrogen) atoms. The first-order valence-electron chi connectivity index (χ1n) is 7.62. The number of nitrogens with one attached hydrogen (secondary N) is 1. The summed E-state index contributed by atoms with van der Waals surface area (Å²) in [6.45, 7) is 4.35. The van der Waals surface area contributed by atoms with E-state index < -0.39 is 0 Å². The van der Waals surface area contributed by atoms with Crippen molar-refractivity contribution in [3.05, 3.63) is 51.4 Å². The maximum Gasteiger partial charge on any atom is 0.254 e. The zero-order chi connectivity index (χ0) is 16.8. The number of hydrogen-bond donors (Lipinski definition) is 1. The van der Waals surface area contributed by atoms with E-state index in [0.717, 1.165) is 12.8 Å². The lowest BCUT2D eigenvalue weighted by molar-refractivity contribution is -0.121. The van der Waals surface area contributed by atoms with Gasteiger partial charge >= 0.3 is 0 Å². The molecule has 0 saturated heterocycles. The van der Waals surface area contributed by atoms with Crippen LogP contribution in [0.3, 0.4) is 0 Å². The Labute approximate surface area is 140 Å². The molecule has 0 atom stereocenters. The molecule has 0 fully saturated rings. The third-order valence-corrected chi connectivity index (χ3v) is 3.61. The Balaban J connectivity index is 2.35. The third kappa shape index (κ3) is 4.66. The Morgan fingerprint density at radius 3 is 2.83 bits per heavy atom. The van der Waals surface area contributed by atoms with Gasteiger partial charge in [0.25, 0.3) is 5.56 Å². The molecule has 0 unspecified atom stereocenters. The summed E-state index contributed by atoms with van der Waals surface area (Å²) in [6, 6.07) is 8.51. The molecule has 0 aliphatic carbocycles. The van der Waals surface area contributed by atoms with Crippen LogP contribution in [0.25, 0.3) is 11.4 Å². The van der Waals surface area contributed by atoms with Crippen molar-refractivity contribution in [2.24, 2.45) is 0 Å². The summed E-state index contributed by atoms with van der Waals surface area (Å²) in [6.07, 6.45) is 1.91. The molecule has 0 radical (unpaired) electrons. The van der Waals surface area contributed by atoms with Crippen LogP contribution in [0.15, 0.2) is 35.1 Å². The van der Waals surface area contributed by atoms with Gasteiger partial charge in [0.1, 0.15) is 12.4 Å². The van der Waals surface area contributed by atoms with Crippen LogP contribution in [-0.2, 0) is 11.3 Å².